The maximum atomic E-state index is 13.0. The largest absolute Gasteiger partial charge is 0.460 e. The molecule has 0 saturated heterocycles. The average Bonchev–Trinajstić information content (AvgIpc) is 3.38. The number of carbonyl (C=O) groups is 1. The van der Waals surface area contributed by atoms with Crippen molar-refractivity contribution in [3.05, 3.63) is 77.9 Å². The van der Waals surface area contributed by atoms with Crippen LogP contribution in [0.5, 0.6) is 0 Å². The summed E-state index contributed by atoms with van der Waals surface area (Å²) in [6, 6.07) is 13.7. The van der Waals surface area contributed by atoms with Crippen LogP contribution in [-0.2, 0) is 10.9 Å². The molecule has 0 fully saturated rings. The number of halogens is 3. The topological polar surface area (TPSA) is 70.2 Å². The first-order valence-corrected chi connectivity index (χ1v) is 9.75. The average molecular weight is 441 g/mol. The summed E-state index contributed by atoms with van der Waals surface area (Å²) >= 11 is 0. The second-order valence-electron chi connectivity index (χ2n) is 6.91. The SMILES string of the molecule is CCOC(=O)c1nc(-c2c(-c3ccccc3)noc2C)cn1-c1ccc(C(F)(F)F)cc1. The van der Waals surface area contributed by atoms with Gasteiger partial charge in [0.15, 0.2) is 0 Å². The second kappa shape index (κ2) is 8.33. The summed E-state index contributed by atoms with van der Waals surface area (Å²) in [7, 11) is 0. The Kier molecular flexibility index (Phi) is 5.56. The van der Waals surface area contributed by atoms with Crippen LogP contribution in [0.2, 0.25) is 0 Å². The molecular formula is C23H18F3N3O3. The first-order chi connectivity index (χ1) is 15.3. The fraction of sp³-hybridized carbons (Fsp3) is 0.174. The molecule has 2 aromatic heterocycles. The maximum absolute atomic E-state index is 13.0. The van der Waals surface area contributed by atoms with Crippen LogP contribution in [0.1, 0.15) is 28.9 Å². The van der Waals surface area contributed by atoms with Gasteiger partial charge in [-0.1, -0.05) is 35.5 Å². The number of aryl methyl sites for hydroxylation is 1. The van der Waals surface area contributed by atoms with E-state index >= 15 is 0 Å². The molecule has 0 amide bonds. The molecule has 0 aliphatic carbocycles. The summed E-state index contributed by atoms with van der Waals surface area (Å²) in [5.74, 6) is -0.286. The molecule has 0 unspecified atom stereocenters. The van der Waals surface area contributed by atoms with Crippen LogP contribution in [-0.4, -0.2) is 27.3 Å². The number of rotatable bonds is 5. The molecule has 9 heteroatoms. The van der Waals surface area contributed by atoms with Crippen LogP contribution in [0.3, 0.4) is 0 Å². The van der Waals surface area contributed by atoms with Crippen LogP contribution >= 0.6 is 0 Å². The van der Waals surface area contributed by atoms with Gasteiger partial charge in [0.2, 0.25) is 5.82 Å². The lowest BCUT2D eigenvalue weighted by Gasteiger charge is -2.10. The quantitative estimate of drug-likeness (QED) is 0.372. The standard InChI is InChI=1S/C23H18F3N3O3/c1-3-31-22(30)21-27-18(13-29(21)17-11-9-16(10-12-17)23(24,25)26)19-14(2)32-28-20(19)15-7-5-4-6-8-15/h4-13H,3H2,1-2H3. The van der Waals surface area contributed by atoms with Crippen molar-refractivity contribution in [3.8, 4) is 28.2 Å². The highest BCUT2D eigenvalue weighted by Gasteiger charge is 2.30. The Morgan fingerprint density at radius 2 is 1.78 bits per heavy atom. The lowest BCUT2D eigenvalue weighted by Crippen LogP contribution is -2.12. The Hall–Kier alpha value is -3.88. The van der Waals surface area contributed by atoms with Crippen molar-refractivity contribution in [3.63, 3.8) is 0 Å². The molecule has 0 atom stereocenters. The predicted octanol–water partition coefficient (Wildman–Crippen LogP) is 5.70. The summed E-state index contributed by atoms with van der Waals surface area (Å²) in [5.41, 5.74) is 1.82. The van der Waals surface area contributed by atoms with E-state index in [0.717, 1.165) is 17.7 Å². The summed E-state index contributed by atoms with van der Waals surface area (Å²) in [6.07, 6.45) is -2.91. The van der Waals surface area contributed by atoms with Gasteiger partial charge in [0.1, 0.15) is 11.5 Å². The Balaban J connectivity index is 1.85. The smallest absolute Gasteiger partial charge is 0.416 e. The number of aromatic nitrogens is 3. The van der Waals surface area contributed by atoms with Crippen molar-refractivity contribution >= 4 is 5.97 Å². The van der Waals surface area contributed by atoms with Gasteiger partial charge in [0, 0.05) is 17.4 Å². The minimum atomic E-state index is -4.47. The molecule has 32 heavy (non-hydrogen) atoms. The van der Waals surface area contributed by atoms with Crippen molar-refractivity contribution in [1.29, 1.82) is 0 Å². The number of ether oxygens (including phenoxy) is 1. The summed E-state index contributed by atoms with van der Waals surface area (Å²) < 4.78 is 50.8. The molecular weight excluding hydrogens is 423 g/mol. The Bertz CT molecular complexity index is 1240. The van der Waals surface area contributed by atoms with Crippen molar-refractivity contribution in [2.24, 2.45) is 0 Å². The molecule has 0 saturated carbocycles. The van der Waals surface area contributed by atoms with E-state index in [1.54, 1.807) is 20.0 Å². The normalized spacial score (nSPS) is 11.5. The third-order valence-corrected chi connectivity index (χ3v) is 4.80. The van der Waals surface area contributed by atoms with E-state index in [9.17, 15) is 18.0 Å². The molecule has 0 bridgehead atoms. The lowest BCUT2D eigenvalue weighted by molar-refractivity contribution is -0.137. The van der Waals surface area contributed by atoms with Crippen molar-refractivity contribution in [1.82, 2.24) is 14.7 Å². The van der Waals surface area contributed by atoms with Gasteiger partial charge in [-0.25, -0.2) is 9.78 Å². The zero-order valence-electron chi connectivity index (χ0n) is 17.2. The second-order valence-corrected chi connectivity index (χ2v) is 6.91. The highest BCUT2D eigenvalue weighted by atomic mass is 19.4. The number of carbonyl (C=O) groups excluding carboxylic acids is 1. The Morgan fingerprint density at radius 3 is 2.41 bits per heavy atom. The third kappa shape index (κ3) is 4.01. The fourth-order valence-corrected chi connectivity index (χ4v) is 3.32. The molecule has 0 N–H and O–H groups in total. The van der Waals surface area contributed by atoms with Crippen LogP contribution in [0.4, 0.5) is 13.2 Å². The summed E-state index contributed by atoms with van der Waals surface area (Å²) in [6.45, 7) is 3.49. The first kappa shape index (κ1) is 21.4. The Morgan fingerprint density at radius 1 is 1.09 bits per heavy atom. The van der Waals surface area contributed by atoms with Gasteiger partial charge in [0.25, 0.3) is 0 Å². The van der Waals surface area contributed by atoms with Crippen LogP contribution in [0, 0.1) is 6.92 Å². The molecule has 0 aliphatic heterocycles. The highest BCUT2D eigenvalue weighted by molar-refractivity contribution is 5.89. The number of imidazole rings is 1. The van der Waals surface area contributed by atoms with E-state index in [4.69, 9.17) is 9.26 Å². The minimum absolute atomic E-state index is 0.0683. The minimum Gasteiger partial charge on any atom is -0.460 e. The van der Waals surface area contributed by atoms with Gasteiger partial charge in [-0.3, -0.25) is 4.57 Å². The van der Waals surface area contributed by atoms with E-state index < -0.39 is 17.7 Å². The van der Waals surface area contributed by atoms with E-state index in [1.165, 1.54) is 16.7 Å². The van der Waals surface area contributed by atoms with E-state index in [2.05, 4.69) is 10.1 Å². The van der Waals surface area contributed by atoms with E-state index in [0.29, 0.717) is 28.4 Å². The molecule has 0 radical (unpaired) electrons. The van der Waals surface area contributed by atoms with Crippen molar-refractivity contribution in [2.45, 2.75) is 20.0 Å². The number of esters is 1. The lowest BCUT2D eigenvalue weighted by atomic mass is 10.0. The summed E-state index contributed by atoms with van der Waals surface area (Å²) in [4.78, 5) is 17.0. The number of benzene rings is 2. The molecule has 0 spiro atoms. The van der Waals surface area contributed by atoms with E-state index in [-0.39, 0.29) is 12.4 Å². The third-order valence-electron chi connectivity index (χ3n) is 4.80. The van der Waals surface area contributed by atoms with Gasteiger partial charge < -0.3 is 9.26 Å². The molecule has 164 valence electrons. The molecule has 4 rings (SSSR count). The Labute approximate surface area is 181 Å². The highest BCUT2D eigenvalue weighted by Crippen LogP contribution is 2.35. The number of hydrogen-bond acceptors (Lipinski definition) is 5. The molecule has 6 nitrogen and oxygen atoms in total. The van der Waals surface area contributed by atoms with Crippen molar-refractivity contribution < 1.29 is 27.2 Å². The van der Waals surface area contributed by atoms with Gasteiger partial charge >= 0.3 is 12.1 Å². The summed E-state index contributed by atoms with van der Waals surface area (Å²) in [5, 5.41) is 4.13. The van der Waals surface area contributed by atoms with Crippen LogP contribution in [0.15, 0.2) is 65.3 Å². The number of nitrogens with zero attached hydrogens (tertiary/aromatic N) is 3. The fourth-order valence-electron chi connectivity index (χ4n) is 3.32. The maximum Gasteiger partial charge on any atom is 0.416 e. The molecule has 2 heterocycles. The zero-order valence-corrected chi connectivity index (χ0v) is 17.2. The van der Waals surface area contributed by atoms with Gasteiger partial charge in [-0.2, -0.15) is 13.2 Å². The van der Waals surface area contributed by atoms with Gasteiger partial charge in [-0.05, 0) is 38.1 Å². The van der Waals surface area contributed by atoms with E-state index in [1.807, 2.05) is 30.3 Å². The number of alkyl halides is 3. The van der Waals surface area contributed by atoms with Gasteiger partial charge in [0.05, 0.1) is 23.4 Å². The number of hydrogen-bond donors (Lipinski definition) is 0. The predicted molar refractivity (Wildman–Crippen MR) is 110 cm³/mol. The monoisotopic (exact) mass is 441 g/mol. The van der Waals surface area contributed by atoms with Crippen molar-refractivity contribution in [2.75, 3.05) is 6.61 Å². The zero-order chi connectivity index (χ0) is 22.9. The first-order valence-electron chi connectivity index (χ1n) is 9.75. The molecule has 0 aliphatic rings. The van der Waals surface area contributed by atoms with Gasteiger partial charge in [-0.15, -0.1) is 0 Å². The van der Waals surface area contributed by atoms with Crippen LogP contribution in [0.25, 0.3) is 28.2 Å². The van der Waals surface area contributed by atoms with Crippen LogP contribution < -0.4 is 0 Å². The molecule has 4 aromatic rings. The molecule has 2 aromatic carbocycles.